The van der Waals surface area contributed by atoms with Crippen LogP contribution in [0.25, 0.3) is 0 Å². The van der Waals surface area contributed by atoms with Crippen LogP contribution in [0.15, 0.2) is 36.4 Å². The van der Waals surface area contributed by atoms with Gasteiger partial charge in [-0.25, -0.2) is 0 Å². The monoisotopic (exact) mass is 455 g/mol. The van der Waals surface area contributed by atoms with Gasteiger partial charge in [-0.2, -0.15) is 0 Å². The quantitative estimate of drug-likeness (QED) is 0.105. The van der Waals surface area contributed by atoms with Gasteiger partial charge in [0.25, 0.3) is 11.8 Å². The van der Waals surface area contributed by atoms with Gasteiger partial charge in [-0.1, -0.05) is 82.6 Å². The highest BCUT2D eigenvalue weighted by atomic mass is 16.5. The fourth-order valence-electron chi connectivity index (χ4n) is 4.11. The highest BCUT2D eigenvalue weighted by molar-refractivity contribution is 6.21. The number of nitrogens with zero attached hydrogens (tertiary/aromatic N) is 1. The van der Waals surface area contributed by atoms with E-state index in [1.54, 1.807) is 24.3 Å². The topological polar surface area (TPSA) is 63.7 Å². The molecule has 1 heterocycles. The summed E-state index contributed by atoms with van der Waals surface area (Å²) in [4.78, 5) is 37.6. The summed E-state index contributed by atoms with van der Waals surface area (Å²) in [6.07, 6.45) is 20.9. The highest BCUT2D eigenvalue weighted by Crippen LogP contribution is 2.22. The minimum Gasteiger partial charge on any atom is -0.464 e. The van der Waals surface area contributed by atoms with E-state index in [4.69, 9.17) is 4.74 Å². The number of esters is 1. The van der Waals surface area contributed by atoms with Crippen LogP contribution in [-0.4, -0.2) is 35.8 Å². The van der Waals surface area contributed by atoms with Crippen molar-refractivity contribution in [3.8, 4) is 0 Å². The fraction of sp³-hybridized carbons (Fsp3) is 0.607. The molecule has 1 aliphatic rings. The number of fused-ring (bicyclic) bond motifs is 1. The number of benzene rings is 1. The molecule has 0 saturated carbocycles. The van der Waals surface area contributed by atoms with E-state index in [-0.39, 0.29) is 30.9 Å². The summed E-state index contributed by atoms with van der Waals surface area (Å²) >= 11 is 0. The van der Waals surface area contributed by atoms with Crippen LogP contribution in [0.1, 0.15) is 118 Å². The first-order valence-electron chi connectivity index (χ1n) is 12.9. The summed E-state index contributed by atoms with van der Waals surface area (Å²) in [6, 6.07) is 6.77. The predicted molar refractivity (Wildman–Crippen MR) is 132 cm³/mol. The lowest BCUT2D eigenvalue weighted by Gasteiger charge is -2.13. The maximum atomic E-state index is 12.3. The summed E-state index contributed by atoms with van der Waals surface area (Å²) in [6.45, 7) is 2.41. The van der Waals surface area contributed by atoms with Gasteiger partial charge in [0, 0.05) is 6.42 Å². The first-order valence-corrected chi connectivity index (χ1v) is 12.9. The SMILES string of the molecule is CCCCCCCC/C=C/CCCCCCCC(=O)OCCN1C(=O)c2ccccc2C1=O. The zero-order chi connectivity index (χ0) is 23.7. The van der Waals surface area contributed by atoms with Crippen LogP contribution in [-0.2, 0) is 9.53 Å². The summed E-state index contributed by atoms with van der Waals surface area (Å²) in [7, 11) is 0. The van der Waals surface area contributed by atoms with E-state index in [2.05, 4.69) is 19.1 Å². The van der Waals surface area contributed by atoms with Crippen molar-refractivity contribution < 1.29 is 19.1 Å². The summed E-state index contributed by atoms with van der Waals surface area (Å²) in [5, 5.41) is 0. The molecule has 2 amide bonds. The minimum atomic E-state index is -0.316. The largest absolute Gasteiger partial charge is 0.464 e. The normalized spacial score (nSPS) is 13.2. The van der Waals surface area contributed by atoms with Crippen molar-refractivity contribution in [2.45, 2.75) is 96.8 Å². The van der Waals surface area contributed by atoms with E-state index in [0.717, 1.165) is 30.6 Å². The molecule has 0 unspecified atom stereocenters. The summed E-state index contributed by atoms with van der Waals surface area (Å²) in [5.41, 5.74) is 0.837. The Morgan fingerprint density at radius 2 is 1.30 bits per heavy atom. The van der Waals surface area contributed by atoms with Crippen LogP contribution < -0.4 is 0 Å². The minimum absolute atomic E-state index is 0.0510. The number of hydrogen-bond donors (Lipinski definition) is 0. The third-order valence-corrected chi connectivity index (χ3v) is 6.10. The van der Waals surface area contributed by atoms with Crippen molar-refractivity contribution in [3.05, 3.63) is 47.5 Å². The molecule has 0 radical (unpaired) electrons. The Hall–Kier alpha value is -2.43. The lowest BCUT2D eigenvalue weighted by molar-refractivity contribution is -0.144. The van der Waals surface area contributed by atoms with Crippen LogP contribution in [0.5, 0.6) is 0 Å². The molecular weight excluding hydrogens is 414 g/mol. The first kappa shape index (κ1) is 26.8. The number of unbranched alkanes of at least 4 members (excludes halogenated alkanes) is 11. The van der Waals surface area contributed by atoms with Crippen LogP contribution >= 0.6 is 0 Å². The van der Waals surface area contributed by atoms with Gasteiger partial charge in [-0.05, 0) is 44.2 Å². The van der Waals surface area contributed by atoms with E-state index in [1.165, 1.54) is 57.8 Å². The van der Waals surface area contributed by atoms with Crippen LogP contribution in [0.3, 0.4) is 0 Å². The van der Waals surface area contributed by atoms with Crippen molar-refractivity contribution in [1.29, 1.82) is 0 Å². The summed E-state index contributed by atoms with van der Waals surface area (Å²) in [5.74, 6) is -0.892. The van der Waals surface area contributed by atoms with E-state index in [0.29, 0.717) is 17.5 Å². The number of imide groups is 1. The molecule has 0 saturated heterocycles. The van der Waals surface area contributed by atoms with Gasteiger partial charge in [0.1, 0.15) is 6.61 Å². The first-order chi connectivity index (χ1) is 16.1. The van der Waals surface area contributed by atoms with Gasteiger partial charge >= 0.3 is 5.97 Å². The molecule has 5 heteroatoms. The van der Waals surface area contributed by atoms with E-state index >= 15 is 0 Å². The van der Waals surface area contributed by atoms with E-state index in [9.17, 15) is 14.4 Å². The molecule has 5 nitrogen and oxygen atoms in total. The van der Waals surface area contributed by atoms with Crippen molar-refractivity contribution in [2.24, 2.45) is 0 Å². The number of amides is 2. The molecule has 2 rings (SSSR count). The molecule has 1 aromatic rings. The zero-order valence-electron chi connectivity index (χ0n) is 20.4. The van der Waals surface area contributed by atoms with Crippen LogP contribution in [0.2, 0.25) is 0 Å². The molecule has 0 N–H and O–H groups in total. The number of hydrogen-bond acceptors (Lipinski definition) is 4. The van der Waals surface area contributed by atoms with Gasteiger partial charge < -0.3 is 4.74 Å². The Balaban J connectivity index is 1.40. The third kappa shape index (κ3) is 9.93. The zero-order valence-corrected chi connectivity index (χ0v) is 20.4. The van der Waals surface area contributed by atoms with Gasteiger partial charge in [0.2, 0.25) is 0 Å². The molecule has 33 heavy (non-hydrogen) atoms. The van der Waals surface area contributed by atoms with Gasteiger partial charge in [0.15, 0.2) is 0 Å². The number of carbonyl (C=O) groups is 3. The average Bonchev–Trinajstić information content (AvgIpc) is 3.06. The Bertz CT molecular complexity index is 736. The molecular formula is C28H41NO4. The van der Waals surface area contributed by atoms with Crippen molar-refractivity contribution in [1.82, 2.24) is 4.90 Å². The number of ether oxygens (including phenoxy) is 1. The second-order valence-corrected chi connectivity index (χ2v) is 8.86. The van der Waals surface area contributed by atoms with Gasteiger partial charge in [-0.15, -0.1) is 0 Å². The molecule has 0 aliphatic carbocycles. The lowest BCUT2D eigenvalue weighted by Crippen LogP contribution is -2.33. The number of allylic oxidation sites excluding steroid dienone is 2. The van der Waals surface area contributed by atoms with Crippen molar-refractivity contribution in [3.63, 3.8) is 0 Å². The maximum absolute atomic E-state index is 12.3. The Morgan fingerprint density at radius 3 is 1.88 bits per heavy atom. The Labute approximate surface area is 199 Å². The molecule has 0 aromatic heterocycles. The smallest absolute Gasteiger partial charge is 0.305 e. The Kier molecular flexibility index (Phi) is 13.2. The van der Waals surface area contributed by atoms with Gasteiger partial charge in [0.05, 0.1) is 17.7 Å². The Morgan fingerprint density at radius 1 is 0.788 bits per heavy atom. The molecule has 0 spiro atoms. The van der Waals surface area contributed by atoms with Crippen LogP contribution in [0, 0.1) is 0 Å². The molecule has 0 fully saturated rings. The molecule has 1 aromatic carbocycles. The maximum Gasteiger partial charge on any atom is 0.305 e. The third-order valence-electron chi connectivity index (χ3n) is 6.10. The van der Waals surface area contributed by atoms with E-state index in [1.807, 2.05) is 0 Å². The second kappa shape index (κ2) is 16.2. The molecule has 1 aliphatic heterocycles. The predicted octanol–water partition coefficient (Wildman–Crippen LogP) is 6.86. The second-order valence-electron chi connectivity index (χ2n) is 8.86. The number of rotatable bonds is 18. The standard InChI is InChI=1S/C28H41NO4/c1-2-3-4-5-6-7-8-9-10-11-12-13-14-15-16-21-26(30)33-23-22-29-27(31)24-19-17-18-20-25(24)28(29)32/h9-10,17-20H,2-8,11-16,21-23H2,1H3/b10-9+. The highest BCUT2D eigenvalue weighted by Gasteiger charge is 2.34. The van der Waals surface area contributed by atoms with Crippen LogP contribution in [0.4, 0.5) is 0 Å². The molecule has 0 atom stereocenters. The summed E-state index contributed by atoms with van der Waals surface area (Å²) < 4.78 is 5.22. The van der Waals surface area contributed by atoms with Crippen molar-refractivity contribution in [2.75, 3.05) is 13.2 Å². The fourth-order valence-corrected chi connectivity index (χ4v) is 4.11. The number of carbonyl (C=O) groups excluding carboxylic acids is 3. The molecule has 0 bridgehead atoms. The van der Waals surface area contributed by atoms with E-state index < -0.39 is 0 Å². The average molecular weight is 456 g/mol. The lowest BCUT2D eigenvalue weighted by atomic mass is 10.1. The molecule has 182 valence electrons. The van der Waals surface area contributed by atoms with Gasteiger partial charge in [-0.3, -0.25) is 19.3 Å². The van der Waals surface area contributed by atoms with Crippen molar-refractivity contribution >= 4 is 17.8 Å².